The first kappa shape index (κ1) is 22.2. The molecule has 33 heavy (non-hydrogen) atoms. The fourth-order valence-corrected chi connectivity index (χ4v) is 5.91. The lowest BCUT2D eigenvalue weighted by molar-refractivity contribution is 0.330. The molecular weight excluding hydrogens is 454 g/mol. The molecule has 0 radical (unpaired) electrons. The lowest BCUT2D eigenvalue weighted by Crippen LogP contribution is -2.17. The average Bonchev–Trinajstić information content (AvgIpc) is 3.62. The Morgan fingerprint density at radius 3 is 2.64 bits per heavy atom. The van der Waals surface area contributed by atoms with Gasteiger partial charge in [-0.15, -0.1) is 31.7 Å². The maximum absolute atomic E-state index is 6.01. The van der Waals surface area contributed by atoms with Crippen LogP contribution >= 0.6 is 23.1 Å². The van der Waals surface area contributed by atoms with E-state index in [1.807, 2.05) is 24.3 Å². The van der Waals surface area contributed by atoms with Crippen molar-refractivity contribution in [2.45, 2.75) is 61.9 Å². The second-order valence-corrected chi connectivity index (χ2v) is 10.6. The van der Waals surface area contributed by atoms with Gasteiger partial charge in [0.1, 0.15) is 11.6 Å². The maximum atomic E-state index is 6.01. The van der Waals surface area contributed by atoms with E-state index in [2.05, 4.69) is 49.4 Å². The molecule has 172 valence electrons. The Kier molecular flexibility index (Phi) is 6.78. The minimum atomic E-state index is -0.0365. The molecule has 3 heterocycles. The van der Waals surface area contributed by atoms with Crippen LogP contribution in [-0.2, 0) is 6.42 Å². The number of nitrogens with zero attached hydrogens (tertiary/aromatic N) is 5. The highest BCUT2D eigenvalue weighted by Gasteiger charge is 2.26. The summed E-state index contributed by atoms with van der Waals surface area (Å²) >= 11 is 3.41. The number of methoxy groups -OCH3 is 1. The first-order chi connectivity index (χ1) is 16.2. The van der Waals surface area contributed by atoms with Crippen LogP contribution in [0.5, 0.6) is 5.75 Å². The van der Waals surface area contributed by atoms with E-state index < -0.39 is 0 Å². The van der Waals surface area contributed by atoms with Crippen LogP contribution in [0, 0.1) is 0 Å². The third-order valence-electron chi connectivity index (χ3n) is 5.99. The first-order valence-electron chi connectivity index (χ1n) is 11.3. The third-order valence-corrected chi connectivity index (χ3v) is 7.92. The van der Waals surface area contributed by atoms with Gasteiger partial charge in [0, 0.05) is 22.9 Å². The average molecular weight is 482 g/mol. The van der Waals surface area contributed by atoms with Crippen molar-refractivity contribution in [2.75, 3.05) is 7.11 Å². The summed E-state index contributed by atoms with van der Waals surface area (Å²) in [6.45, 7) is 2.08. The SMILES string of the molecule is COc1ccc(-c2nnc([C@@H](C)Sc3nnc(Cc4cccs4)n3C3CCCCC3)o2)cc1. The molecule has 0 bridgehead atoms. The Balaban J connectivity index is 1.37. The second kappa shape index (κ2) is 10.1. The number of benzene rings is 1. The van der Waals surface area contributed by atoms with E-state index in [1.54, 1.807) is 30.2 Å². The van der Waals surface area contributed by atoms with Crippen LogP contribution in [0.3, 0.4) is 0 Å². The van der Waals surface area contributed by atoms with Gasteiger partial charge in [-0.2, -0.15) is 0 Å². The molecule has 7 nitrogen and oxygen atoms in total. The lowest BCUT2D eigenvalue weighted by Gasteiger charge is -2.26. The molecule has 1 aliphatic rings. The number of aromatic nitrogens is 5. The molecular formula is C24H27N5O2S2. The van der Waals surface area contributed by atoms with Gasteiger partial charge in [0.2, 0.25) is 11.8 Å². The summed E-state index contributed by atoms with van der Waals surface area (Å²) in [6, 6.07) is 12.3. The topological polar surface area (TPSA) is 78.9 Å². The number of thiophene rings is 1. The van der Waals surface area contributed by atoms with Gasteiger partial charge in [-0.3, -0.25) is 0 Å². The van der Waals surface area contributed by atoms with Crippen LogP contribution in [0.15, 0.2) is 51.4 Å². The Hall–Kier alpha value is -2.65. The quantitative estimate of drug-likeness (QED) is 0.271. The Labute approximate surface area is 201 Å². The highest BCUT2D eigenvalue weighted by molar-refractivity contribution is 7.99. The Bertz CT molecular complexity index is 1160. The zero-order valence-corrected chi connectivity index (χ0v) is 20.4. The molecule has 0 amide bonds. The predicted octanol–water partition coefficient (Wildman–Crippen LogP) is 6.35. The Morgan fingerprint density at radius 2 is 1.91 bits per heavy atom. The number of rotatable bonds is 8. The molecule has 0 aliphatic heterocycles. The molecule has 1 atom stereocenters. The normalized spacial score (nSPS) is 15.6. The molecule has 1 saturated carbocycles. The van der Waals surface area contributed by atoms with Crippen LogP contribution in [0.2, 0.25) is 0 Å². The van der Waals surface area contributed by atoms with Gasteiger partial charge < -0.3 is 13.7 Å². The largest absolute Gasteiger partial charge is 0.497 e. The molecule has 0 spiro atoms. The van der Waals surface area contributed by atoms with Crippen molar-refractivity contribution in [3.05, 3.63) is 58.4 Å². The van der Waals surface area contributed by atoms with Crippen molar-refractivity contribution in [1.29, 1.82) is 0 Å². The molecule has 0 unspecified atom stereocenters. The smallest absolute Gasteiger partial charge is 0.247 e. The Morgan fingerprint density at radius 1 is 1.09 bits per heavy atom. The third kappa shape index (κ3) is 4.99. The van der Waals surface area contributed by atoms with Crippen LogP contribution in [0.1, 0.15) is 66.9 Å². The summed E-state index contributed by atoms with van der Waals surface area (Å²) < 4.78 is 13.6. The predicted molar refractivity (Wildman–Crippen MR) is 130 cm³/mol. The minimum Gasteiger partial charge on any atom is -0.497 e. The number of hydrogen-bond donors (Lipinski definition) is 0. The van der Waals surface area contributed by atoms with Gasteiger partial charge in [-0.1, -0.05) is 37.1 Å². The van der Waals surface area contributed by atoms with E-state index in [0.29, 0.717) is 17.8 Å². The highest BCUT2D eigenvalue weighted by Crippen LogP contribution is 2.39. The maximum Gasteiger partial charge on any atom is 0.247 e. The van der Waals surface area contributed by atoms with E-state index in [-0.39, 0.29) is 5.25 Å². The van der Waals surface area contributed by atoms with Crippen molar-refractivity contribution in [3.63, 3.8) is 0 Å². The van der Waals surface area contributed by atoms with E-state index in [1.165, 1.54) is 37.0 Å². The standard InChI is InChI=1S/C24H27N5O2S2/c1-16(22-26-27-23(31-22)17-10-12-19(30-2)13-11-17)33-24-28-25-21(15-20-9-6-14-32-20)29(24)18-7-4-3-5-8-18/h6,9-14,16,18H,3-5,7-8,15H2,1-2H3/t16-/m1/s1. The minimum absolute atomic E-state index is 0.0365. The van der Waals surface area contributed by atoms with Gasteiger partial charge in [0.05, 0.1) is 12.4 Å². The molecule has 1 fully saturated rings. The van der Waals surface area contributed by atoms with Gasteiger partial charge in [-0.05, 0) is 55.5 Å². The van der Waals surface area contributed by atoms with Gasteiger partial charge in [0.15, 0.2) is 5.16 Å². The zero-order chi connectivity index (χ0) is 22.6. The molecule has 1 aromatic carbocycles. The van der Waals surface area contributed by atoms with Gasteiger partial charge in [0.25, 0.3) is 0 Å². The van der Waals surface area contributed by atoms with Crippen LogP contribution in [-0.4, -0.2) is 32.1 Å². The molecule has 4 aromatic rings. The van der Waals surface area contributed by atoms with E-state index in [4.69, 9.17) is 9.15 Å². The summed E-state index contributed by atoms with van der Waals surface area (Å²) in [6.07, 6.45) is 7.01. The summed E-state index contributed by atoms with van der Waals surface area (Å²) in [4.78, 5) is 1.31. The van der Waals surface area contributed by atoms with E-state index >= 15 is 0 Å². The van der Waals surface area contributed by atoms with E-state index in [0.717, 1.165) is 28.7 Å². The number of ether oxygens (including phenoxy) is 1. The van der Waals surface area contributed by atoms with Crippen molar-refractivity contribution in [2.24, 2.45) is 0 Å². The van der Waals surface area contributed by atoms with Gasteiger partial charge in [-0.25, -0.2) is 0 Å². The fraction of sp³-hybridized carbons (Fsp3) is 0.417. The molecule has 0 saturated heterocycles. The van der Waals surface area contributed by atoms with Crippen LogP contribution < -0.4 is 4.74 Å². The molecule has 5 rings (SSSR count). The van der Waals surface area contributed by atoms with Crippen LogP contribution in [0.25, 0.3) is 11.5 Å². The lowest BCUT2D eigenvalue weighted by atomic mass is 9.95. The van der Waals surface area contributed by atoms with Gasteiger partial charge >= 0.3 is 0 Å². The zero-order valence-electron chi connectivity index (χ0n) is 18.8. The monoisotopic (exact) mass is 481 g/mol. The first-order valence-corrected chi connectivity index (χ1v) is 13.1. The van der Waals surface area contributed by atoms with E-state index in [9.17, 15) is 0 Å². The van der Waals surface area contributed by atoms with Crippen molar-refractivity contribution in [1.82, 2.24) is 25.0 Å². The van der Waals surface area contributed by atoms with Crippen molar-refractivity contribution >= 4 is 23.1 Å². The summed E-state index contributed by atoms with van der Waals surface area (Å²) in [5.74, 6) is 2.93. The molecule has 1 aliphatic carbocycles. The summed E-state index contributed by atoms with van der Waals surface area (Å²) in [7, 11) is 1.65. The highest BCUT2D eigenvalue weighted by atomic mass is 32.2. The second-order valence-electron chi connectivity index (χ2n) is 8.25. The number of hydrogen-bond acceptors (Lipinski definition) is 8. The summed E-state index contributed by atoms with van der Waals surface area (Å²) in [5, 5.41) is 20.8. The fourth-order valence-electron chi connectivity index (χ4n) is 4.24. The molecule has 9 heteroatoms. The molecule has 3 aromatic heterocycles. The molecule has 0 N–H and O–H groups in total. The van der Waals surface area contributed by atoms with Crippen LogP contribution in [0.4, 0.5) is 0 Å². The van der Waals surface area contributed by atoms with Crippen molar-refractivity contribution in [3.8, 4) is 17.2 Å². The van der Waals surface area contributed by atoms with Crippen molar-refractivity contribution < 1.29 is 9.15 Å². The number of thioether (sulfide) groups is 1. The summed E-state index contributed by atoms with van der Waals surface area (Å²) in [5.41, 5.74) is 0.871.